The van der Waals surface area contributed by atoms with Gasteiger partial charge in [0, 0.05) is 23.7 Å². The van der Waals surface area contributed by atoms with Gasteiger partial charge in [-0.2, -0.15) is 0 Å². The summed E-state index contributed by atoms with van der Waals surface area (Å²) in [5, 5.41) is 0. The molecule has 0 aromatic carbocycles. The number of esters is 1. The lowest BCUT2D eigenvalue weighted by atomic mass is 9.71. The van der Waals surface area contributed by atoms with Crippen LogP contribution in [-0.2, 0) is 9.53 Å². The van der Waals surface area contributed by atoms with E-state index in [2.05, 4.69) is 11.5 Å². The zero-order valence-corrected chi connectivity index (χ0v) is 20.2. The summed E-state index contributed by atoms with van der Waals surface area (Å²) in [6.45, 7) is 5.51. The second kappa shape index (κ2) is 11.3. The minimum Gasteiger partial charge on any atom is -0.459 e. The number of nitrogens with zero attached hydrogens (tertiary/aromatic N) is 1. The van der Waals surface area contributed by atoms with Crippen LogP contribution in [0.25, 0.3) is 0 Å². The average molecular weight is 430 g/mol. The Morgan fingerprint density at radius 1 is 0.677 bits per heavy atom. The molecule has 0 bridgehead atoms. The number of ether oxygens (including phenoxy) is 1. The van der Waals surface area contributed by atoms with Crippen LogP contribution in [0.3, 0.4) is 0 Å². The SMILES string of the molecule is C=C(C)C(=O)OC1CCCC(C2CCC(N(C3CCCCC3)C3CCCCC3)CC2)C1. The molecule has 0 aromatic heterocycles. The summed E-state index contributed by atoms with van der Waals surface area (Å²) in [6, 6.07) is 2.58. The standard InChI is InChI=1S/C28H47NO2/c1-21(2)28(30)31-27-15-9-10-23(20-27)22-16-18-26(19-17-22)29(24-11-5-3-6-12-24)25-13-7-4-8-14-25/h22-27H,1,3-20H2,2H3. The molecule has 0 spiro atoms. The van der Waals surface area contributed by atoms with Crippen molar-refractivity contribution in [2.45, 2.75) is 147 Å². The highest BCUT2D eigenvalue weighted by molar-refractivity contribution is 5.87. The number of carbonyl (C=O) groups excluding carboxylic acids is 1. The van der Waals surface area contributed by atoms with Gasteiger partial charge in [-0.05, 0) is 95.8 Å². The first-order valence-corrected chi connectivity index (χ1v) is 13.8. The van der Waals surface area contributed by atoms with E-state index < -0.39 is 0 Å². The molecule has 3 heteroatoms. The Kier molecular flexibility index (Phi) is 8.54. The molecule has 2 unspecified atom stereocenters. The summed E-state index contributed by atoms with van der Waals surface area (Å²) < 4.78 is 5.75. The number of carbonyl (C=O) groups is 1. The van der Waals surface area contributed by atoms with Gasteiger partial charge in [-0.15, -0.1) is 0 Å². The zero-order valence-electron chi connectivity index (χ0n) is 20.2. The fourth-order valence-corrected chi connectivity index (χ4v) is 7.49. The molecule has 4 fully saturated rings. The average Bonchev–Trinajstić information content (AvgIpc) is 2.81. The molecule has 4 saturated carbocycles. The van der Waals surface area contributed by atoms with Gasteiger partial charge in [0.15, 0.2) is 0 Å². The molecule has 0 amide bonds. The maximum absolute atomic E-state index is 12.0. The van der Waals surface area contributed by atoms with E-state index in [1.165, 1.54) is 103 Å². The van der Waals surface area contributed by atoms with Crippen LogP contribution in [0.2, 0.25) is 0 Å². The summed E-state index contributed by atoms with van der Waals surface area (Å²) in [6.07, 6.45) is 25.0. The normalized spacial score (nSPS) is 33.9. The van der Waals surface area contributed by atoms with Crippen molar-refractivity contribution >= 4 is 5.97 Å². The Labute approximate surface area is 191 Å². The Morgan fingerprint density at radius 3 is 1.77 bits per heavy atom. The maximum Gasteiger partial charge on any atom is 0.333 e. The smallest absolute Gasteiger partial charge is 0.333 e. The van der Waals surface area contributed by atoms with Crippen LogP contribution < -0.4 is 0 Å². The Bertz CT molecular complexity index is 564. The molecule has 2 atom stereocenters. The van der Waals surface area contributed by atoms with E-state index >= 15 is 0 Å². The highest BCUT2D eigenvalue weighted by Gasteiger charge is 2.38. The van der Waals surface area contributed by atoms with Crippen molar-refractivity contribution in [2.24, 2.45) is 11.8 Å². The van der Waals surface area contributed by atoms with E-state index in [1.54, 1.807) is 6.92 Å². The molecule has 4 aliphatic rings. The molecule has 0 heterocycles. The van der Waals surface area contributed by atoms with Gasteiger partial charge in [-0.3, -0.25) is 4.90 Å². The quantitative estimate of drug-likeness (QED) is 0.330. The highest BCUT2D eigenvalue weighted by Crippen LogP contribution is 2.42. The van der Waals surface area contributed by atoms with E-state index in [4.69, 9.17) is 4.74 Å². The summed E-state index contributed by atoms with van der Waals surface area (Å²) in [4.78, 5) is 15.1. The number of hydrogen-bond donors (Lipinski definition) is 0. The molecule has 176 valence electrons. The van der Waals surface area contributed by atoms with Crippen LogP contribution in [0.1, 0.15) is 122 Å². The molecule has 0 aromatic rings. The van der Waals surface area contributed by atoms with Gasteiger partial charge in [0.2, 0.25) is 0 Å². The lowest BCUT2D eigenvalue weighted by molar-refractivity contribution is -0.146. The summed E-state index contributed by atoms with van der Waals surface area (Å²) in [7, 11) is 0. The van der Waals surface area contributed by atoms with Crippen LogP contribution in [0, 0.1) is 11.8 Å². The Hall–Kier alpha value is -0.830. The van der Waals surface area contributed by atoms with Crippen LogP contribution in [0.5, 0.6) is 0 Å². The Morgan fingerprint density at radius 2 is 1.23 bits per heavy atom. The maximum atomic E-state index is 12.0. The van der Waals surface area contributed by atoms with Crippen molar-refractivity contribution in [3.63, 3.8) is 0 Å². The van der Waals surface area contributed by atoms with Gasteiger partial charge in [0.05, 0.1) is 0 Å². The van der Waals surface area contributed by atoms with Crippen molar-refractivity contribution in [1.29, 1.82) is 0 Å². The highest BCUT2D eigenvalue weighted by atomic mass is 16.5. The molecule has 0 saturated heterocycles. The van der Waals surface area contributed by atoms with E-state index in [9.17, 15) is 4.79 Å². The van der Waals surface area contributed by atoms with Crippen molar-refractivity contribution in [1.82, 2.24) is 4.90 Å². The third-order valence-corrected chi connectivity index (χ3v) is 9.11. The van der Waals surface area contributed by atoms with Crippen LogP contribution in [-0.4, -0.2) is 35.1 Å². The minimum atomic E-state index is -0.190. The lowest BCUT2D eigenvalue weighted by Crippen LogP contribution is -2.52. The fraction of sp³-hybridized carbons (Fsp3) is 0.893. The van der Waals surface area contributed by atoms with Gasteiger partial charge in [0.25, 0.3) is 0 Å². The molecule has 4 rings (SSSR count). The van der Waals surface area contributed by atoms with E-state index in [1.807, 2.05) is 0 Å². The molecule has 3 nitrogen and oxygen atoms in total. The third-order valence-electron chi connectivity index (χ3n) is 9.11. The molecule has 31 heavy (non-hydrogen) atoms. The largest absolute Gasteiger partial charge is 0.459 e. The molecular formula is C28H47NO2. The fourth-order valence-electron chi connectivity index (χ4n) is 7.49. The van der Waals surface area contributed by atoms with Gasteiger partial charge in [0.1, 0.15) is 6.10 Å². The van der Waals surface area contributed by atoms with E-state index in [-0.39, 0.29) is 12.1 Å². The second-order valence-corrected chi connectivity index (χ2v) is 11.3. The predicted octanol–water partition coefficient (Wildman–Crippen LogP) is 7.19. The molecule has 0 radical (unpaired) electrons. The van der Waals surface area contributed by atoms with Gasteiger partial charge >= 0.3 is 5.97 Å². The topological polar surface area (TPSA) is 29.5 Å². The number of rotatable bonds is 6. The minimum absolute atomic E-state index is 0.127. The van der Waals surface area contributed by atoms with Crippen LogP contribution in [0.4, 0.5) is 0 Å². The van der Waals surface area contributed by atoms with Crippen molar-refractivity contribution in [2.75, 3.05) is 0 Å². The van der Waals surface area contributed by atoms with Gasteiger partial charge in [-0.25, -0.2) is 4.79 Å². The van der Waals surface area contributed by atoms with Crippen LogP contribution in [0.15, 0.2) is 12.2 Å². The second-order valence-electron chi connectivity index (χ2n) is 11.3. The van der Waals surface area contributed by atoms with Crippen molar-refractivity contribution < 1.29 is 9.53 Å². The lowest BCUT2D eigenvalue weighted by Gasteiger charge is -2.49. The summed E-state index contributed by atoms with van der Waals surface area (Å²) >= 11 is 0. The molecule has 0 N–H and O–H groups in total. The molecule has 4 aliphatic carbocycles. The zero-order chi connectivity index (χ0) is 21.6. The van der Waals surface area contributed by atoms with Gasteiger partial charge in [-0.1, -0.05) is 45.1 Å². The van der Waals surface area contributed by atoms with Crippen molar-refractivity contribution in [3.05, 3.63) is 12.2 Å². The van der Waals surface area contributed by atoms with E-state index in [0.717, 1.165) is 42.8 Å². The van der Waals surface area contributed by atoms with Crippen LogP contribution >= 0.6 is 0 Å². The number of hydrogen-bond acceptors (Lipinski definition) is 3. The summed E-state index contributed by atoms with van der Waals surface area (Å²) in [5.74, 6) is 1.42. The van der Waals surface area contributed by atoms with Crippen molar-refractivity contribution in [3.8, 4) is 0 Å². The van der Waals surface area contributed by atoms with Gasteiger partial charge < -0.3 is 4.74 Å². The first-order chi connectivity index (χ1) is 15.1. The Balaban J connectivity index is 1.32. The third kappa shape index (κ3) is 6.15. The first-order valence-electron chi connectivity index (χ1n) is 13.8. The predicted molar refractivity (Wildman–Crippen MR) is 128 cm³/mol. The summed E-state index contributed by atoms with van der Waals surface area (Å²) in [5.41, 5.74) is 0.535. The molecule has 0 aliphatic heterocycles. The monoisotopic (exact) mass is 429 g/mol. The van der Waals surface area contributed by atoms with E-state index in [0.29, 0.717) is 5.57 Å². The molecular weight excluding hydrogens is 382 g/mol. The first kappa shape index (κ1) is 23.3.